The topological polar surface area (TPSA) is 26.0 Å². The van der Waals surface area contributed by atoms with E-state index in [4.69, 9.17) is 28.9 Å². The lowest BCUT2D eigenvalue weighted by Gasteiger charge is -2.17. The molecule has 0 aliphatic carbocycles. The molecule has 0 fully saturated rings. The van der Waals surface area contributed by atoms with Crippen LogP contribution in [-0.4, -0.2) is 0 Å². The number of aryl methyl sites for hydroxylation is 2. The van der Waals surface area contributed by atoms with Crippen LogP contribution in [0.25, 0.3) is 0 Å². The molecule has 1 atom stereocenters. The number of halogens is 3. The van der Waals surface area contributed by atoms with Gasteiger partial charge in [0.05, 0.1) is 6.04 Å². The molecule has 0 saturated carbocycles. The third kappa shape index (κ3) is 2.76. The van der Waals surface area contributed by atoms with Crippen molar-refractivity contribution in [3.63, 3.8) is 0 Å². The molecule has 1 nitrogen and oxygen atoms in total. The van der Waals surface area contributed by atoms with E-state index < -0.39 is 6.04 Å². The maximum absolute atomic E-state index is 13.6. The van der Waals surface area contributed by atoms with Crippen molar-refractivity contribution >= 4 is 23.2 Å². The molecule has 19 heavy (non-hydrogen) atoms. The van der Waals surface area contributed by atoms with Gasteiger partial charge in [0.2, 0.25) is 0 Å². The second-order valence-corrected chi connectivity index (χ2v) is 5.40. The van der Waals surface area contributed by atoms with Gasteiger partial charge >= 0.3 is 0 Å². The highest BCUT2D eigenvalue weighted by Crippen LogP contribution is 2.33. The molecule has 100 valence electrons. The van der Waals surface area contributed by atoms with Gasteiger partial charge in [0.15, 0.2) is 0 Å². The first-order valence-electron chi connectivity index (χ1n) is 5.88. The first kappa shape index (κ1) is 14.3. The molecule has 0 spiro atoms. The summed E-state index contributed by atoms with van der Waals surface area (Å²) in [7, 11) is 0. The van der Waals surface area contributed by atoms with Crippen LogP contribution in [0.1, 0.15) is 28.3 Å². The first-order valence-corrected chi connectivity index (χ1v) is 6.63. The molecular weight excluding hydrogens is 284 g/mol. The normalized spacial score (nSPS) is 12.5. The highest BCUT2D eigenvalue weighted by atomic mass is 35.5. The van der Waals surface area contributed by atoms with Crippen LogP contribution in [0.2, 0.25) is 10.0 Å². The molecule has 0 radical (unpaired) electrons. The third-order valence-corrected chi connectivity index (χ3v) is 3.79. The number of nitrogens with two attached hydrogens (primary N) is 1. The Hall–Kier alpha value is -1.09. The second-order valence-electron chi connectivity index (χ2n) is 4.58. The van der Waals surface area contributed by atoms with Gasteiger partial charge in [-0.3, -0.25) is 0 Å². The Morgan fingerprint density at radius 3 is 2.00 bits per heavy atom. The maximum atomic E-state index is 13.6. The molecule has 1 unspecified atom stereocenters. The fourth-order valence-corrected chi connectivity index (χ4v) is 2.77. The van der Waals surface area contributed by atoms with Crippen LogP contribution in [0.15, 0.2) is 30.3 Å². The standard InChI is InChI=1S/C15H14Cl2FN/c1-8-6-10(7-9(2)14(8)18)15(19)13-11(16)4-3-5-12(13)17/h3-7,15H,19H2,1-2H3. The van der Waals surface area contributed by atoms with E-state index in [0.29, 0.717) is 26.7 Å². The summed E-state index contributed by atoms with van der Waals surface area (Å²) < 4.78 is 13.6. The Labute approximate surface area is 122 Å². The summed E-state index contributed by atoms with van der Waals surface area (Å²) in [5.74, 6) is -0.207. The van der Waals surface area contributed by atoms with Gasteiger partial charge in [-0.2, -0.15) is 0 Å². The molecule has 2 aromatic carbocycles. The third-order valence-electron chi connectivity index (χ3n) is 3.13. The van der Waals surface area contributed by atoms with Crippen LogP contribution in [0, 0.1) is 19.7 Å². The molecule has 0 aromatic heterocycles. The average Bonchev–Trinajstić information content (AvgIpc) is 2.35. The van der Waals surface area contributed by atoms with Gasteiger partial charge in [0.25, 0.3) is 0 Å². The van der Waals surface area contributed by atoms with Crippen molar-refractivity contribution in [1.82, 2.24) is 0 Å². The minimum Gasteiger partial charge on any atom is -0.320 e. The molecule has 0 saturated heterocycles. The van der Waals surface area contributed by atoms with Crippen molar-refractivity contribution in [1.29, 1.82) is 0 Å². The first-order chi connectivity index (χ1) is 8.91. The molecule has 0 aliphatic heterocycles. The van der Waals surface area contributed by atoms with Gasteiger partial charge in [0.1, 0.15) is 5.82 Å². The van der Waals surface area contributed by atoms with Gasteiger partial charge in [-0.15, -0.1) is 0 Å². The number of hydrogen-bond donors (Lipinski definition) is 1. The van der Waals surface area contributed by atoms with Gasteiger partial charge in [-0.1, -0.05) is 41.4 Å². The lowest BCUT2D eigenvalue weighted by Crippen LogP contribution is -2.14. The molecule has 0 heterocycles. The lowest BCUT2D eigenvalue weighted by molar-refractivity contribution is 0.607. The number of rotatable bonds is 2. The smallest absolute Gasteiger partial charge is 0.129 e. The van der Waals surface area contributed by atoms with E-state index in [9.17, 15) is 4.39 Å². The minimum absolute atomic E-state index is 0.207. The Morgan fingerprint density at radius 1 is 1.05 bits per heavy atom. The predicted molar refractivity (Wildman–Crippen MR) is 78.4 cm³/mol. The zero-order valence-corrected chi connectivity index (χ0v) is 12.2. The Bertz CT molecular complexity index is 582. The van der Waals surface area contributed by atoms with Crippen molar-refractivity contribution in [2.24, 2.45) is 5.73 Å². The van der Waals surface area contributed by atoms with Gasteiger partial charge in [-0.25, -0.2) is 4.39 Å². The van der Waals surface area contributed by atoms with E-state index >= 15 is 0 Å². The summed E-state index contributed by atoms with van der Waals surface area (Å²) in [5, 5.41) is 1.03. The maximum Gasteiger partial charge on any atom is 0.129 e. The summed E-state index contributed by atoms with van der Waals surface area (Å²) in [5.41, 5.74) is 8.80. The predicted octanol–water partition coefficient (Wildman–Crippen LogP) is 4.80. The number of benzene rings is 2. The van der Waals surface area contributed by atoms with E-state index in [2.05, 4.69) is 0 Å². The fourth-order valence-electron chi connectivity index (χ4n) is 2.13. The van der Waals surface area contributed by atoms with Gasteiger partial charge in [-0.05, 0) is 42.7 Å². The molecule has 2 aromatic rings. The average molecular weight is 298 g/mol. The summed E-state index contributed by atoms with van der Waals surface area (Å²) in [4.78, 5) is 0. The summed E-state index contributed by atoms with van der Waals surface area (Å²) in [6, 6.07) is 8.23. The van der Waals surface area contributed by atoms with Gasteiger partial charge in [0, 0.05) is 15.6 Å². The van der Waals surface area contributed by atoms with Crippen LogP contribution < -0.4 is 5.73 Å². The van der Waals surface area contributed by atoms with E-state index in [1.807, 2.05) is 0 Å². The number of hydrogen-bond acceptors (Lipinski definition) is 1. The Kier molecular flexibility index (Phi) is 4.14. The van der Waals surface area contributed by atoms with Crippen LogP contribution >= 0.6 is 23.2 Å². The van der Waals surface area contributed by atoms with E-state index in [-0.39, 0.29) is 5.82 Å². The monoisotopic (exact) mass is 297 g/mol. The van der Waals surface area contributed by atoms with Crippen molar-refractivity contribution in [3.8, 4) is 0 Å². The zero-order valence-electron chi connectivity index (χ0n) is 10.7. The molecular formula is C15H14Cl2FN. The van der Waals surface area contributed by atoms with E-state index in [0.717, 1.165) is 5.56 Å². The second kappa shape index (κ2) is 5.49. The van der Waals surface area contributed by atoms with Crippen molar-refractivity contribution in [2.75, 3.05) is 0 Å². The van der Waals surface area contributed by atoms with Crippen molar-refractivity contribution in [2.45, 2.75) is 19.9 Å². The molecule has 2 N–H and O–H groups in total. The Balaban J connectivity index is 2.53. The highest BCUT2D eigenvalue weighted by Gasteiger charge is 2.17. The van der Waals surface area contributed by atoms with Crippen LogP contribution in [0.5, 0.6) is 0 Å². The van der Waals surface area contributed by atoms with Crippen molar-refractivity contribution < 1.29 is 4.39 Å². The van der Waals surface area contributed by atoms with E-state index in [1.165, 1.54) is 0 Å². The highest BCUT2D eigenvalue weighted by molar-refractivity contribution is 6.36. The minimum atomic E-state index is -0.473. The summed E-state index contributed by atoms with van der Waals surface area (Å²) in [6.07, 6.45) is 0. The quantitative estimate of drug-likeness (QED) is 0.847. The fraction of sp³-hybridized carbons (Fsp3) is 0.200. The molecule has 2 rings (SSSR count). The molecule has 4 heteroatoms. The van der Waals surface area contributed by atoms with Crippen LogP contribution in [-0.2, 0) is 0 Å². The lowest BCUT2D eigenvalue weighted by atomic mass is 9.96. The molecule has 0 bridgehead atoms. The Morgan fingerprint density at radius 2 is 1.53 bits per heavy atom. The SMILES string of the molecule is Cc1cc(C(N)c2c(Cl)cccc2Cl)cc(C)c1F. The van der Waals surface area contributed by atoms with Crippen molar-refractivity contribution in [3.05, 3.63) is 68.4 Å². The molecule has 0 amide bonds. The summed E-state index contributed by atoms with van der Waals surface area (Å²) >= 11 is 12.3. The van der Waals surface area contributed by atoms with E-state index in [1.54, 1.807) is 44.2 Å². The van der Waals surface area contributed by atoms with Crippen LogP contribution in [0.4, 0.5) is 4.39 Å². The largest absolute Gasteiger partial charge is 0.320 e. The zero-order chi connectivity index (χ0) is 14.2. The van der Waals surface area contributed by atoms with Crippen LogP contribution in [0.3, 0.4) is 0 Å². The summed E-state index contributed by atoms with van der Waals surface area (Å²) in [6.45, 7) is 3.43. The molecule has 0 aliphatic rings. The van der Waals surface area contributed by atoms with Gasteiger partial charge < -0.3 is 5.73 Å².